The Kier molecular flexibility index (Phi) is 6.33. The largest absolute Gasteiger partial charge is 0.318 e. The average Bonchev–Trinajstić information content (AvgIpc) is 2.82. The molecule has 1 rings (SSSR count). The molecular weight excluding hydrogens is 290 g/mol. The van der Waals surface area contributed by atoms with Gasteiger partial charge in [-0.2, -0.15) is 5.10 Å². The Hall–Kier alpha value is -0.960. The second kappa shape index (κ2) is 7.35. The summed E-state index contributed by atoms with van der Waals surface area (Å²) in [4.78, 5) is 2.25. The zero-order valence-electron chi connectivity index (χ0n) is 13.5. The average molecular weight is 317 g/mol. The third-order valence-electron chi connectivity index (χ3n) is 3.00. The first-order valence-electron chi connectivity index (χ1n) is 6.98. The van der Waals surface area contributed by atoms with Gasteiger partial charge in [-0.25, -0.2) is 13.1 Å². The number of nitrogens with zero attached hydrogens (tertiary/aromatic N) is 3. The molecule has 0 radical (unpaired) electrons. The zero-order valence-corrected chi connectivity index (χ0v) is 14.4. The molecule has 0 spiro atoms. The van der Waals surface area contributed by atoms with Crippen molar-refractivity contribution in [2.45, 2.75) is 25.3 Å². The fourth-order valence-corrected chi connectivity index (χ4v) is 3.31. The minimum Gasteiger partial charge on any atom is -0.318 e. The van der Waals surface area contributed by atoms with Crippen LogP contribution in [0.4, 0.5) is 0 Å². The van der Waals surface area contributed by atoms with Gasteiger partial charge in [-0.1, -0.05) is 13.8 Å². The summed E-state index contributed by atoms with van der Waals surface area (Å²) in [5, 5.41) is 7.06. The molecule has 8 heteroatoms. The molecule has 122 valence electrons. The van der Waals surface area contributed by atoms with Gasteiger partial charge >= 0.3 is 0 Å². The third-order valence-corrected chi connectivity index (χ3v) is 4.35. The molecule has 2 N–H and O–H groups in total. The summed E-state index contributed by atoms with van der Waals surface area (Å²) < 4.78 is 28.8. The van der Waals surface area contributed by atoms with Gasteiger partial charge in [0.05, 0.1) is 12.7 Å². The van der Waals surface area contributed by atoms with Gasteiger partial charge in [-0.15, -0.1) is 0 Å². The number of hydrogen-bond donors (Lipinski definition) is 2. The predicted molar refractivity (Wildman–Crippen MR) is 83.7 cm³/mol. The Morgan fingerprint density at radius 2 is 2.05 bits per heavy atom. The van der Waals surface area contributed by atoms with Gasteiger partial charge in [-0.3, -0.25) is 4.68 Å². The molecule has 0 fully saturated rings. The Morgan fingerprint density at radius 3 is 2.62 bits per heavy atom. The summed E-state index contributed by atoms with van der Waals surface area (Å²) in [5.41, 5.74) is -0.140. The fourth-order valence-electron chi connectivity index (χ4n) is 2.12. The molecule has 0 aliphatic rings. The monoisotopic (exact) mass is 317 g/mol. The molecule has 0 aliphatic carbocycles. The van der Waals surface area contributed by atoms with Gasteiger partial charge < -0.3 is 10.2 Å². The van der Waals surface area contributed by atoms with Crippen LogP contribution in [0.1, 0.15) is 13.8 Å². The summed E-state index contributed by atoms with van der Waals surface area (Å²) >= 11 is 0. The molecule has 1 aromatic heterocycles. The van der Waals surface area contributed by atoms with Crippen LogP contribution >= 0.6 is 0 Å². The number of nitrogens with one attached hydrogen (secondary N) is 2. The molecule has 0 atom stereocenters. The van der Waals surface area contributed by atoms with Crippen LogP contribution < -0.4 is 10.0 Å². The van der Waals surface area contributed by atoms with Crippen molar-refractivity contribution >= 4 is 10.0 Å². The van der Waals surface area contributed by atoms with Crippen molar-refractivity contribution in [2.24, 2.45) is 5.41 Å². The predicted octanol–water partition coefficient (Wildman–Crippen LogP) is -0.0314. The van der Waals surface area contributed by atoms with Crippen molar-refractivity contribution in [3.8, 4) is 0 Å². The van der Waals surface area contributed by atoms with Crippen LogP contribution in [-0.2, 0) is 16.6 Å². The molecule has 0 amide bonds. The van der Waals surface area contributed by atoms with Gasteiger partial charge in [0.25, 0.3) is 0 Å². The number of rotatable bonds is 9. The van der Waals surface area contributed by atoms with Crippen LogP contribution in [0.3, 0.4) is 0 Å². The lowest BCUT2D eigenvalue weighted by Gasteiger charge is -2.28. The Morgan fingerprint density at radius 1 is 1.38 bits per heavy atom. The highest BCUT2D eigenvalue weighted by Crippen LogP contribution is 2.16. The topological polar surface area (TPSA) is 79.3 Å². The molecule has 0 bridgehead atoms. The second-order valence-electron chi connectivity index (χ2n) is 6.27. The smallest absolute Gasteiger partial charge is 0.243 e. The quantitative estimate of drug-likeness (QED) is 0.668. The molecule has 0 aromatic carbocycles. The lowest BCUT2D eigenvalue weighted by atomic mass is 9.93. The summed E-state index contributed by atoms with van der Waals surface area (Å²) in [5.74, 6) is 0. The van der Waals surface area contributed by atoms with Crippen molar-refractivity contribution in [1.29, 1.82) is 0 Å². The van der Waals surface area contributed by atoms with E-state index in [1.165, 1.54) is 6.20 Å². The van der Waals surface area contributed by atoms with Crippen LogP contribution in [0.25, 0.3) is 0 Å². The zero-order chi connectivity index (χ0) is 16.1. The van der Waals surface area contributed by atoms with Crippen molar-refractivity contribution in [1.82, 2.24) is 24.7 Å². The van der Waals surface area contributed by atoms with Gasteiger partial charge in [0.1, 0.15) is 4.90 Å². The molecule has 1 aromatic rings. The molecule has 21 heavy (non-hydrogen) atoms. The summed E-state index contributed by atoms with van der Waals surface area (Å²) in [6, 6.07) is 0. The van der Waals surface area contributed by atoms with E-state index in [0.717, 1.165) is 13.1 Å². The second-order valence-corrected chi connectivity index (χ2v) is 8.04. The van der Waals surface area contributed by atoms with Gasteiger partial charge in [0.15, 0.2) is 0 Å². The third kappa shape index (κ3) is 6.13. The van der Waals surface area contributed by atoms with Gasteiger partial charge in [0.2, 0.25) is 10.0 Å². The van der Waals surface area contributed by atoms with Crippen molar-refractivity contribution in [3.63, 3.8) is 0 Å². The van der Waals surface area contributed by atoms with E-state index in [4.69, 9.17) is 0 Å². The lowest BCUT2D eigenvalue weighted by molar-refractivity contribution is 0.242. The first kappa shape index (κ1) is 18.1. The first-order valence-corrected chi connectivity index (χ1v) is 8.46. The first-order chi connectivity index (χ1) is 9.66. The van der Waals surface area contributed by atoms with E-state index in [2.05, 4.69) is 15.1 Å². The lowest BCUT2D eigenvalue weighted by Crippen LogP contribution is -2.39. The summed E-state index contributed by atoms with van der Waals surface area (Å²) in [6.45, 7) is 6.63. The van der Waals surface area contributed by atoms with Crippen LogP contribution in [0.2, 0.25) is 0 Å². The van der Waals surface area contributed by atoms with Crippen LogP contribution in [0.15, 0.2) is 17.3 Å². The van der Waals surface area contributed by atoms with E-state index in [1.54, 1.807) is 10.9 Å². The highest BCUT2D eigenvalue weighted by Gasteiger charge is 2.23. The molecule has 0 saturated carbocycles. The van der Waals surface area contributed by atoms with Crippen molar-refractivity contribution in [2.75, 3.05) is 40.8 Å². The van der Waals surface area contributed by atoms with Crippen LogP contribution in [0, 0.1) is 5.41 Å². The molecule has 0 saturated heterocycles. The van der Waals surface area contributed by atoms with Crippen LogP contribution in [-0.4, -0.2) is 63.9 Å². The minimum absolute atomic E-state index is 0.140. The number of aromatic nitrogens is 2. The maximum Gasteiger partial charge on any atom is 0.243 e. The summed E-state index contributed by atoms with van der Waals surface area (Å²) in [6.07, 6.45) is 2.94. The molecule has 7 nitrogen and oxygen atoms in total. The van der Waals surface area contributed by atoms with Gasteiger partial charge in [-0.05, 0) is 26.6 Å². The van der Waals surface area contributed by atoms with E-state index < -0.39 is 10.0 Å². The normalized spacial score (nSPS) is 13.0. The number of hydrogen-bond acceptors (Lipinski definition) is 5. The Balaban J connectivity index is 2.67. The number of likely N-dealkylation sites (N-methyl/N-ethyl adjacent to an activating group) is 1. The van der Waals surface area contributed by atoms with Gasteiger partial charge in [0, 0.05) is 25.8 Å². The fraction of sp³-hybridized carbons (Fsp3) is 0.769. The molecule has 1 heterocycles. The van der Waals surface area contributed by atoms with Crippen LogP contribution in [0.5, 0.6) is 0 Å². The van der Waals surface area contributed by atoms with Crippen molar-refractivity contribution in [3.05, 3.63) is 12.4 Å². The maximum absolute atomic E-state index is 12.3. The van der Waals surface area contributed by atoms with E-state index in [9.17, 15) is 8.42 Å². The van der Waals surface area contributed by atoms with E-state index in [1.807, 2.05) is 39.9 Å². The van der Waals surface area contributed by atoms with E-state index >= 15 is 0 Å². The molecular formula is C13H27N5O2S. The molecule has 0 aliphatic heterocycles. The summed E-state index contributed by atoms with van der Waals surface area (Å²) in [7, 11) is 2.29. The highest BCUT2D eigenvalue weighted by atomic mass is 32.2. The van der Waals surface area contributed by atoms with E-state index in [0.29, 0.717) is 13.1 Å². The Bertz CT molecular complexity index is 537. The SMILES string of the molecule is CNCCn1cc(S(=O)(=O)NCC(C)(C)CN(C)C)cn1. The minimum atomic E-state index is -3.51. The Labute approximate surface area is 127 Å². The molecule has 0 unspecified atom stereocenters. The number of sulfonamides is 1. The highest BCUT2D eigenvalue weighted by molar-refractivity contribution is 7.89. The van der Waals surface area contributed by atoms with E-state index in [-0.39, 0.29) is 10.3 Å². The van der Waals surface area contributed by atoms with Crippen molar-refractivity contribution < 1.29 is 8.42 Å². The standard InChI is InChI=1S/C13H27N5O2S/c1-13(2,11-17(4)5)10-16-21(19,20)12-8-15-18(9-12)7-6-14-3/h8-9,14,16H,6-7,10-11H2,1-5H3. The maximum atomic E-state index is 12.3.